The topological polar surface area (TPSA) is 66.0 Å². The summed E-state index contributed by atoms with van der Waals surface area (Å²) in [5, 5.41) is 8.17. The summed E-state index contributed by atoms with van der Waals surface area (Å²) in [5.74, 6) is 0. The van der Waals surface area contributed by atoms with Crippen molar-refractivity contribution in [2.45, 2.75) is 20.1 Å². The number of methoxy groups -OCH3 is 1. The number of hydrogen-bond donors (Lipinski definition) is 1. The van der Waals surface area contributed by atoms with Crippen LogP contribution in [0.5, 0.6) is 0 Å². The molecule has 5 heteroatoms. The van der Waals surface area contributed by atoms with Crippen LogP contribution < -0.4 is 5.73 Å². The van der Waals surface area contributed by atoms with Crippen molar-refractivity contribution >= 4 is 0 Å². The Morgan fingerprint density at radius 2 is 2.00 bits per heavy atom. The number of aromatic nitrogens is 3. The van der Waals surface area contributed by atoms with Crippen molar-refractivity contribution in [2.75, 3.05) is 7.11 Å². The largest absolute Gasteiger partial charge is 0.378 e. The second-order valence-corrected chi connectivity index (χ2v) is 3.87. The lowest BCUT2D eigenvalue weighted by atomic mass is 10.2. The monoisotopic (exact) mass is 232 g/mol. The first kappa shape index (κ1) is 11.8. The van der Waals surface area contributed by atoms with E-state index in [0.717, 1.165) is 17.1 Å². The van der Waals surface area contributed by atoms with Gasteiger partial charge in [-0.3, -0.25) is 0 Å². The fourth-order valence-electron chi connectivity index (χ4n) is 1.67. The molecular weight excluding hydrogens is 216 g/mol. The average Bonchev–Trinajstić information content (AvgIpc) is 2.74. The number of ether oxygens (including phenoxy) is 1. The molecule has 0 aliphatic heterocycles. The lowest BCUT2D eigenvalue weighted by Gasteiger charge is -2.06. The first-order valence-corrected chi connectivity index (χ1v) is 5.45. The van der Waals surface area contributed by atoms with Gasteiger partial charge in [0.15, 0.2) is 0 Å². The number of nitrogens with zero attached hydrogens (tertiary/aromatic N) is 3. The van der Waals surface area contributed by atoms with Crippen LogP contribution in [0.25, 0.3) is 5.69 Å². The van der Waals surface area contributed by atoms with E-state index in [1.54, 1.807) is 11.8 Å². The molecule has 0 bridgehead atoms. The van der Waals surface area contributed by atoms with E-state index >= 15 is 0 Å². The summed E-state index contributed by atoms with van der Waals surface area (Å²) in [7, 11) is 1.65. The minimum Gasteiger partial charge on any atom is -0.378 e. The van der Waals surface area contributed by atoms with Crippen LogP contribution in [0, 0.1) is 6.92 Å². The summed E-state index contributed by atoms with van der Waals surface area (Å²) in [5.41, 5.74) is 9.47. The third kappa shape index (κ3) is 2.35. The van der Waals surface area contributed by atoms with Gasteiger partial charge >= 0.3 is 0 Å². The van der Waals surface area contributed by atoms with Gasteiger partial charge in [0.2, 0.25) is 0 Å². The molecule has 0 saturated carbocycles. The Labute approximate surface area is 100 Å². The first-order valence-electron chi connectivity index (χ1n) is 5.45. The van der Waals surface area contributed by atoms with Crippen molar-refractivity contribution in [1.82, 2.24) is 15.0 Å². The van der Waals surface area contributed by atoms with E-state index in [1.165, 1.54) is 5.56 Å². The number of benzene rings is 1. The van der Waals surface area contributed by atoms with Crippen LogP contribution in [0.15, 0.2) is 24.3 Å². The van der Waals surface area contributed by atoms with Crippen molar-refractivity contribution in [3.05, 3.63) is 41.2 Å². The van der Waals surface area contributed by atoms with Gasteiger partial charge in [0.1, 0.15) is 5.69 Å². The van der Waals surface area contributed by atoms with Gasteiger partial charge in [-0.25, -0.2) is 4.68 Å². The Morgan fingerprint density at radius 1 is 1.29 bits per heavy atom. The van der Waals surface area contributed by atoms with E-state index in [9.17, 15) is 0 Å². The molecule has 5 nitrogen and oxygen atoms in total. The highest BCUT2D eigenvalue weighted by Crippen LogP contribution is 2.14. The van der Waals surface area contributed by atoms with Crippen LogP contribution in [0.1, 0.15) is 17.0 Å². The molecule has 0 saturated heterocycles. The van der Waals surface area contributed by atoms with Gasteiger partial charge in [-0.15, -0.1) is 5.10 Å². The number of aryl methyl sites for hydroxylation is 1. The van der Waals surface area contributed by atoms with E-state index in [0.29, 0.717) is 13.2 Å². The highest BCUT2D eigenvalue weighted by molar-refractivity contribution is 5.35. The zero-order valence-corrected chi connectivity index (χ0v) is 10.1. The molecule has 0 aliphatic carbocycles. The molecule has 90 valence electrons. The molecule has 1 aromatic heterocycles. The van der Waals surface area contributed by atoms with Crippen molar-refractivity contribution in [2.24, 2.45) is 5.73 Å². The summed E-state index contributed by atoms with van der Waals surface area (Å²) in [4.78, 5) is 0. The van der Waals surface area contributed by atoms with Gasteiger partial charge < -0.3 is 10.5 Å². The summed E-state index contributed by atoms with van der Waals surface area (Å²) >= 11 is 0. The molecule has 0 radical (unpaired) electrons. The highest BCUT2D eigenvalue weighted by Gasteiger charge is 2.12. The van der Waals surface area contributed by atoms with Crippen LogP contribution in [0.2, 0.25) is 0 Å². The Bertz CT molecular complexity index is 490. The van der Waals surface area contributed by atoms with Gasteiger partial charge in [-0.2, -0.15) is 0 Å². The molecule has 0 amide bonds. The standard InChI is InChI=1S/C12H16N4O/c1-9-3-5-10(6-4-9)16-12(8-17-2)11(7-13)14-15-16/h3-6H,7-8,13H2,1-2H3. The molecule has 1 aromatic carbocycles. The quantitative estimate of drug-likeness (QED) is 0.859. The van der Waals surface area contributed by atoms with E-state index in [4.69, 9.17) is 10.5 Å². The lowest BCUT2D eigenvalue weighted by molar-refractivity contribution is 0.178. The van der Waals surface area contributed by atoms with E-state index in [2.05, 4.69) is 10.3 Å². The van der Waals surface area contributed by atoms with Crippen LogP contribution in [-0.2, 0) is 17.9 Å². The number of nitrogens with two attached hydrogens (primary N) is 1. The molecule has 17 heavy (non-hydrogen) atoms. The average molecular weight is 232 g/mol. The fourth-order valence-corrected chi connectivity index (χ4v) is 1.67. The van der Waals surface area contributed by atoms with Crippen molar-refractivity contribution < 1.29 is 4.74 Å². The molecular formula is C12H16N4O. The van der Waals surface area contributed by atoms with Gasteiger partial charge in [0.05, 0.1) is 18.0 Å². The summed E-state index contributed by atoms with van der Waals surface area (Å²) in [6.07, 6.45) is 0. The highest BCUT2D eigenvalue weighted by atomic mass is 16.5. The van der Waals surface area contributed by atoms with Crippen molar-refractivity contribution in [1.29, 1.82) is 0 Å². The lowest BCUT2D eigenvalue weighted by Crippen LogP contribution is -2.07. The van der Waals surface area contributed by atoms with Crippen molar-refractivity contribution in [3.8, 4) is 5.69 Å². The SMILES string of the molecule is COCc1c(CN)nnn1-c1ccc(C)cc1. The predicted octanol–water partition coefficient (Wildman–Crippen LogP) is 1.18. The summed E-state index contributed by atoms with van der Waals surface area (Å²) < 4.78 is 6.93. The second kappa shape index (κ2) is 5.07. The minimum atomic E-state index is 0.366. The van der Waals surface area contributed by atoms with E-state index in [1.807, 2.05) is 31.2 Å². The predicted molar refractivity (Wildman–Crippen MR) is 64.7 cm³/mol. The summed E-state index contributed by atoms with van der Waals surface area (Å²) in [6, 6.07) is 8.08. The molecule has 0 unspecified atom stereocenters. The normalized spacial score (nSPS) is 10.8. The van der Waals surface area contributed by atoms with Gasteiger partial charge in [-0.05, 0) is 19.1 Å². The molecule has 1 heterocycles. The Kier molecular flexibility index (Phi) is 3.51. The summed E-state index contributed by atoms with van der Waals surface area (Å²) in [6.45, 7) is 2.87. The molecule has 2 aromatic rings. The molecule has 2 N–H and O–H groups in total. The first-order chi connectivity index (χ1) is 8.26. The molecule has 0 spiro atoms. The van der Waals surface area contributed by atoms with Gasteiger partial charge in [0.25, 0.3) is 0 Å². The maximum Gasteiger partial charge on any atom is 0.102 e. The fraction of sp³-hybridized carbons (Fsp3) is 0.333. The van der Waals surface area contributed by atoms with Crippen LogP contribution in [0.4, 0.5) is 0 Å². The Balaban J connectivity index is 2.43. The van der Waals surface area contributed by atoms with E-state index < -0.39 is 0 Å². The maximum atomic E-state index is 5.63. The van der Waals surface area contributed by atoms with Gasteiger partial charge in [0, 0.05) is 13.7 Å². The Hall–Kier alpha value is -1.72. The maximum absolute atomic E-state index is 5.63. The third-order valence-electron chi connectivity index (χ3n) is 2.60. The third-order valence-corrected chi connectivity index (χ3v) is 2.60. The number of hydrogen-bond acceptors (Lipinski definition) is 4. The van der Waals surface area contributed by atoms with Gasteiger partial charge in [-0.1, -0.05) is 22.9 Å². The molecule has 0 aliphatic rings. The zero-order chi connectivity index (χ0) is 12.3. The molecule has 0 atom stereocenters. The minimum absolute atomic E-state index is 0.366. The van der Waals surface area contributed by atoms with Crippen LogP contribution >= 0.6 is 0 Å². The Morgan fingerprint density at radius 3 is 2.59 bits per heavy atom. The van der Waals surface area contributed by atoms with Crippen LogP contribution in [0.3, 0.4) is 0 Å². The molecule has 2 rings (SSSR count). The van der Waals surface area contributed by atoms with E-state index in [-0.39, 0.29) is 0 Å². The smallest absolute Gasteiger partial charge is 0.102 e. The van der Waals surface area contributed by atoms with Crippen LogP contribution in [-0.4, -0.2) is 22.1 Å². The second-order valence-electron chi connectivity index (χ2n) is 3.87. The molecule has 0 fully saturated rings. The number of rotatable bonds is 4. The van der Waals surface area contributed by atoms with Crippen molar-refractivity contribution in [3.63, 3.8) is 0 Å². The zero-order valence-electron chi connectivity index (χ0n) is 10.1.